The maximum absolute atomic E-state index is 12.0. The van der Waals surface area contributed by atoms with Crippen molar-refractivity contribution in [2.24, 2.45) is 0 Å². The third kappa shape index (κ3) is 3.04. The van der Waals surface area contributed by atoms with E-state index in [-0.39, 0.29) is 5.78 Å². The van der Waals surface area contributed by atoms with Crippen LogP contribution < -0.4 is 4.74 Å². The minimum Gasteiger partial charge on any atom is -0.497 e. The summed E-state index contributed by atoms with van der Waals surface area (Å²) in [5.74, 6) is 0.806. The zero-order valence-electron chi connectivity index (χ0n) is 12.2. The molecule has 0 amide bonds. The Labute approximate surface area is 128 Å². The van der Waals surface area contributed by atoms with E-state index in [2.05, 4.69) is 4.98 Å². The van der Waals surface area contributed by atoms with Crippen LogP contribution in [0.1, 0.15) is 15.9 Å². The minimum atomic E-state index is -0.0303. The van der Waals surface area contributed by atoms with Gasteiger partial charge in [-0.2, -0.15) is 0 Å². The lowest BCUT2D eigenvalue weighted by molar-refractivity contribution is 0.104. The van der Waals surface area contributed by atoms with E-state index in [1.165, 1.54) is 0 Å². The number of ether oxygens (including phenoxy) is 1. The standard InChI is InChI=1S/C19H15NO2/c1-22-18-6-5-16-12-14(2-4-17(16)13-18)3-7-19(21)15-8-10-20-11-9-15/h2-13H,1H3/b7-3+. The van der Waals surface area contributed by atoms with Crippen molar-refractivity contribution in [2.75, 3.05) is 7.11 Å². The Kier molecular flexibility index (Phi) is 3.97. The number of rotatable bonds is 4. The first kappa shape index (κ1) is 14.0. The molecule has 0 fully saturated rings. The summed E-state index contributed by atoms with van der Waals surface area (Å²) in [5.41, 5.74) is 1.62. The second-order valence-corrected chi connectivity index (χ2v) is 4.91. The zero-order valence-corrected chi connectivity index (χ0v) is 12.2. The molecule has 0 aliphatic rings. The number of hydrogen-bond donors (Lipinski definition) is 0. The van der Waals surface area contributed by atoms with Gasteiger partial charge in [0.05, 0.1) is 7.11 Å². The Morgan fingerprint density at radius 1 is 1.00 bits per heavy atom. The van der Waals surface area contributed by atoms with Gasteiger partial charge in [-0.05, 0) is 52.7 Å². The van der Waals surface area contributed by atoms with E-state index in [9.17, 15) is 4.79 Å². The summed E-state index contributed by atoms with van der Waals surface area (Å²) in [5, 5.41) is 2.22. The Morgan fingerprint density at radius 3 is 2.50 bits per heavy atom. The first-order valence-electron chi connectivity index (χ1n) is 6.96. The summed E-state index contributed by atoms with van der Waals surface area (Å²) in [6.45, 7) is 0. The van der Waals surface area contributed by atoms with Gasteiger partial charge in [-0.15, -0.1) is 0 Å². The van der Waals surface area contributed by atoms with Crippen molar-refractivity contribution in [1.29, 1.82) is 0 Å². The molecular formula is C19H15NO2. The molecule has 108 valence electrons. The fraction of sp³-hybridized carbons (Fsp3) is 0.0526. The molecule has 1 aromatic heterocycles. The Balaban J connectivity index is 1.85. The molecule has 0 atom stereocenters. The summed E-state index contributed by atoms with van der Waals surface area (Å²) >= 11 is 0. The largest absolute Gasteiger partial charge is 0.497 e. The molecule has 0 aliphatic carbocycles. The van der Waals surface area contributed by atoms with E-state index in [0.717, 1.165) is 22.1 Å². The van der Waals surface area contributed by atoms with E-state index in [0.29, 0.717) is 5.56 Å². The van der Waals surface area contributed by atoms with Crippen molar-refractivity contribution in [3.05, 3.63) is 78.1 Å². The van der Waals surface area contributed by atoms with Crippen LogP contribution in [0, 0.1) is 0 Å². The van der Waals surface area contributed by atoms with Crippen LogP contribution >= 0.6 is 0 Å². The number of pyridine rings is 1. The fourth-order valence-corrected chi connectivity index (χ4v) is 2.26. The van der Waals surface area contributed by atoms with Gasteiger partial charge in [0.1, 0.15) is 5.75 Å². The lowest BCUT2D eigenvalue weighted by atomic mass is 10.1. The van der Waals surface area contributed by atoms with Crippen LogP contribution in [0.5, 0.6) is 5.75 Å². The normalized spacial score (nSPS) is 11.0. The average molecular weight is 289 g/mol. The van der Waals surface area contributed by atoms with Crippen molar-refractivity contribution in [2.45, 2.75) is 0 Å². The van der Waals surface area contributed by atoms with E-state index < -0.39 is 0 Å². The molecule has 1 heterocycles. The van der Waals surface area contributed by atoms with Crippen LogP contribution in [0.3, 0.4) is 0 Å². The highest BCUT2D eigenvalue weighted by atomic mass is 16.5. The van der Waals surface area contributed by atoms with E-state index in [1.807, 2.05) is 42.5 Å². The highest BCUT2D eigenvalue weighted by molar-refractivity contribution is 6.06. The third-order valence-electron chi connectivity index (χ3n) is 3.46. The number of nitrogens with zero attached hydrogens (tertiary/aromatic N) is 1. The molecule has 0 radical (unpaired) electrons. The van der Waals surface area contributed by atoms with Crippen LogP contribution in [0.15, 0.2) is 67.0 Å². The highest BCUT2D eigenvalue weighted by Gasteiger charge is 2.01. The Bertz CT molecular complexity index is 838. The Hall–Kier alpha value is -2.94. The van der Waals surface area contributed by atoms with E-state index in [4.69, 9.17) is 4.74 Å². The summed E-state index contributed by atoms with van der Waals surface area (Å²) in [6, 6.07) is 15.4. The van der Waals surface area contributed by atoms with Gasteiger partial charge in [-0.3, -0.25) is 9.78 Å². The molecule has 0 unspecified atom stereocenters. The third-order valence-corrected chi connectivity index (χ3v) is 3.46. The summed E-state index contributed by atoms with van der Waals surface area (Å²) in [7, 11) is 1.66. The number of aromatic nitrogens is 1. The topological polar surface area (TPSA) is 39.2 Å². The zero-order chi connectivity index (χ0) is 15.4. The molecule has 0 bridgehead atoms. The molecule has 3 nitrogen and oxygen atoms in total. The number of hydrogen-bond acceptors (Lipinski definition) is 3. The van der Waals surface area contributed by atoms with Gasteiger partial charge in [0.25, 0.3) is 0 Å². The minimum absolute atomic E-state index is 0.0303. The predicted molar refractivity (Wildman–Crippen MR) is 88.1 cm³/mol. The smallest absolute Gasteiger partial charge is 0.185 e. The van der Waals surface area contributed by atoms with Gasteiger partial charge in [-0.25, -0.2) is 0 Å². The fourth-order valence-electron chi connectivity index (χ4n) is 2.26. The van der Waals surface area contributed by atoms with Crippen LogP contribution in [-0.4, -0.2) is 17.9 Å². The highest BCUT2D eigenvalue weighted by Crippen LogP contribution is 2.22. The monoisotopic (exact) mass is 289 g/mol. The van der Waals surface area contributed by atoms with Gasteiger partial charge in [0.15, 0.2) is 5.78 Å². The second kappa shape index (κ2) is 6.22. The van der Waals surface area contributed by atoms with Gasteiger partial charge in [-0.1, -0.05) is 24.3 Å². The van der Waals surface area contributed by atoms with Gasteiger partial charge >= 0.3 is 0 Å². The molecule has 22 heavy (non-hydrogen) atoms. The molecule has 0 saturated carbocycles. The number of benzene rings is 2. The quantitative estimate of drug-likeness (QED) is 0.535. The summed E-state index contributed by atoms with van der Waals surface area (Å²) in [4.78, 5) is 15.9. The van der Waals surface area contributed by atoms with Crippen molar-refractivity contribution >= 4 is 22.6 Å². The van der Waals surface area contributed by atoms with Crippen LogP contribution in [0.2, 0.25) is 0 Å². The molecule has 3 aromatic rings. The van der Waals surface area contributed by atoms with Crippen molar-refractivity contribution < 1.29 is 9.53 Å². The lowest BCUT2D eigenvalue weighted by Gasteiger charge is -2.03. The lowest BCUT2D eigenvalue weighted by Crippen LogP contribution is -1.93. The van der Waals surface area contributed by atoms with E-state index in [1.54, 1.807) is 37.7 Å². The first-order valence-corrected chi connectivity index (χ1v) is 6.96. The number of fused-ring (bicyclic) bond motifs is 1. The molecule has 0 saturated heterocycles. The van der Waals surface area contributed by atoms with E-state index >= 15 is 0 Å². The molecule has 0 aliphatic heterocycles. The number of allylic oxidation sites excluding steroid dienone is 1. The van der Waals surface area contributed by atoms with Crippen molar-refractivity contribution in [3.8, 4) is 5.75 Å². The molecular weight excluding hydrogens is 274 g/mol. The van der Waals surface area contributed by atoms with Crippen molar-refractivity contribution in [1.82, 2.24) is 4.98 Å². The predicted octanol–water partition coefficient (Wildman–Crippen LogP) is 4.14. The SMILES string of the molecule is COc1ccc2cc(/C=C/C(=O)c3ccncc3)ccc2c1. The van der Waals surface area contributed by atoms with Crippen LogP contribution in [0.4, 0.5) is 0 Å². The van der Waals surface area contributed by atoms with Crippen LogP contribution in [-0.2, 0) is 0 Å². The molecule has 2 aromatic carbocycles. The number of carbonyl (C=O) groups is 1. The number of methoxy groups -OCH3 is 1. The molecule has 0 spiro atoms. The number of carbonyl (C=O) groups excluding carboxylic acids is 1. The van der Waals surface area contributed by atoms with Gasteiger partial charge in [0, 0.05) is 18.0 Å². The molecule has 0 N–H and O–H groups in total. The first-order chi connectivity index (χ1) is 10.8. The number of ketones is 1. The maximum atomic E-state index is 12.0. The molecule has 3 heteroatoms. The average Bonchev–Trinajstić information content (AvgIpc) is 2.59. The molecule has 3 rings (SSSR count). The summed E-state index contributed by atoms with van der Waals surface area (Å²) < 4.78 is 5.22. The maximum Gasteiger partial charge on any atom is 0.185 e. The summed E-state index contributed by atoms with van der Waals surface area (Å²) in [6.07, 6.45) is 6.64. The second-order valence-electron chi connectivity index (χ2n) is 4.91. The van der Waals surface area contributed by atoms with Crippen molar-refractivity contribution in [3.63, 3.8) is 0 Å². The van der Waals surface area contributed by atoms with Gasteiger partial charge in [0.2, 0.25) is 0 Å². The van der Waals surface area contributed by atoms with Crippen LogP contribution in [0.25, 0.3) is 16.8 Å². The Morgan fingerprint density at radius 2 is 1.73 bits per heavy atom. The van der Waals surface area contributed by atoms with Gasteiger partial charge < -0.3 is 4.74 Å².